The molecule has 0 spiro atoms. The Kier molecular flexibility index (Phi) is 4.56. The number of carbonyl (C=O) groups excluding carboxylic acids is 1. The number of hydrogen-bond donors (Lipinski definition) is 0. The van der Waals surface area contributed by atoms with Crippen LogP contribution in [0.2, 0.25) is 0 Å². The average Bonchev–Trinajstić information content (AvgIpc) is 2.89. The van der Waals surface area contributed by atoms with Crippen LogP contribution in [0.3, 0.4) is 0 Å². The molecule has 124 valence electrons. The molecule has 1 atom stereocenters. The fraction of sp³-hybridized carbons (Fsp3) is 0.118. The summed E-state index contributed by atoms with van der Waals surface area (Å²) in [6.45, 7) is 0. The molecule has 0 fully saturated rings. The molecule has 2 aromatic carbocycles. The van der Waals surface area contributed by atoms with E-state index in [1.165, 1.54) is 29.2 Å². The average molecular weight is 410 g/mol. The summed E-state index contributed by atoms with van der Waals surface area (Å²) in [4.78, 5) is 14.3. The van der Waals surface area contributed by atoms with Crippen LogP contribution in [0.4, 0.5) is 10.1 Å². The Morgan fingerprint density at radius 3 is 2.46 bits per heavy atom. The molecule has 0 unspecified atom stereocenters. The fourth-order valence-electron chi connectivity index (χ4n) is 2.54. The molecule has 1 heterocycles. The zero-order valence-electron chi connectivity index (χ0n) is 12.4. The number of carbonyl (C=O) groups is 1. The maximum atomic E-state index is 13.5. The lowest BCUT2D eigenvalue weighted by atomic mass is 10.1. The van der Waals surface area contributed by atoms with E-state index in [0.717, 1.165) is 15.9 Å². The van der Waals surface area contributed by atoms with Crippen molar-refractivity contribution in [3.63, 3.8) is 0 Å². The largest absolute Gasteiger partial charge is 0.300 e. The minimum absolute atomic E-state index is 0.163. The second-order valence-corrected chi connectivity index (χ2v) is 8.23. The van der Waals surface area contributed by atoms with Crippen LogP contribution in [-0.2, 0) is 9.84 Å². The molecule has 0 N–H and O–H groups in total. The van der Waals surface area contributed by atoms with Gasteiger partial charge in [0, 0.05) is 21.1 Å². The van der Waals surface area contributed by atoms with Gasteiger partial charge in [0.15, 0.2) is 9.84 Å². The third-order valence-corrected chi connectivity index (χ3v) is 5.54. The number of sulfone groups is 1. The smallest absolute Gasteiger partial charge is 0.258 e. The standard InChI is InChI=1S/C17H13BrFNO3S/c18-13-4-6-15(7-5-13)20(16-8-9-24(22,23)11-16)17(21)12-2-1-3-14(19)10-12/h1-10,16H,11H2/t16-/m1/s1. The van der Waals surface area contributed by atoms with E-state index in [4.69, 9.17) is 0 Å². The summed E-state index contributed by atoms with van der Waals surface area (Å²) in [7, 11) is -3.34. The second kappa shape index (κ2) is 6.49. The lowest BCUT2D eigenvalue weighted by molar-refractivity contribution is 0.0982. The second-order valence-electron chi connectivity index (χ2n) is 5.39. The SMILES string of the molecule is O=C(c1cccc(F)c1)N(c1ccc(Br)cc1)[C@@H]1C=CS(=O)(=O)C1. The van der Waals surface area contributed by atoms with Crippen molar-refractivity contribution in [2.45, 2.75) is 6.04 Å². The number of hydrogen-bond acceptors (Lipinski definition) is 3. The van der Waals surface area contributed by atoms with Gasteiger partial charge in [0.1, 0.15) is 5.82 Å². The van der Waals surface area contributed by atoms with Crippen LogP contribution in [-0.4, -0.2) is 26.1 Å². The number of halogens is 2. The van der Waals surface area contributed by atoms with E-state index in [9.17, 15) is 17.6 Å². The quantitative estimate of drug-likeness (QED) is 0.778. The van der Waals surface area contributed by atoms with Gasteiger partial charge in [0.05, 0.1) is 11.8 Å². The van der Waals surface area contributed by atoms with E-state index >= 15 is 0 Å². The summed E-state index contributed by atoms with van der Waals surface area (Å²) >= 11 is 3.32. The highest BCUT2D eigenvalue weighted by Crippen LogP contribution is 2.26. The summed E-state index contributed by atoms with van der Waals surface area (Å²) in [5.41, 5.74) is 0.704. The zero-order chi connectivity index (χ0) is 17.3. The molecule has 3 rings (SSSR count). The molecule has 0 bridgehead atoms. The molecule has 0 aliphatic carbocycles. The number of rotatable bonds is 3. The third kappa shape index (κ3) is 3.57. The van der Waals surface area contributed by atoms with Crippen LogP contribution in [0.1, 0.15) is 10.4 Å². The maximum absolute atomic E-state index is 13.5. The van der Waals surface area contributed by atoms with Gasteiger partial charge in [-0.1, -0.05) is 22.0 Å². The number of benzene rings is 2. The van der Waals surface area contributed by atoms with Crippen LogP contribution < -0.4 is 4.90 Å². The molecule has 1 aliphatic heterocycles. The van der Waals surface area contributed by atoms with Crippen LogP contribution in [0, 0.1) is 5.82 Å². The Labute approximate surface area is 147 Å². The first-order chi connectivity index (χ1) is 11.4. The van der Waals surface area contributed by atoms with Crippen molar-refractivity contribution in [3.05, 3.63) is 75.9 Å². The van der Waals surface area contributed by atoms with E-state index < -0.39 is 27.6 Å². The molecule has 0 radical (unpaired) electrons. The van der Waals surface area contributed by atoms with E-state index in [-0.39, 0.29) is 11.3 Å². The molecule has 4 nitrogen and oxygen atoms in total. The predicted octanol–water partition coefficient (Wildman–Crippen LogP) is 3.55. The molecule has 0 saturated heterocycles. The Balaban J connectivity index is 2.03. The van der Waals surface area contributed by atoms with Crippen LogP contribution in [0.15, 0.2) is 64.5 Å². The monoisotopic (exact) mass is 409 g/mol. The summed E-state index contributed by atoms with van der Waals surface area (Å²) in [5.74, 6) is -1.17. The number of anilines is 1. The highest BCUT2D eigenvalue weighted by molar-refractivity contribution is 9.10. The lowest BCUT2D eigenvalue weighted by Crippen LogP contribution is -2.41. The Morgan fingerprint density at radius 1 is 1.17 bits per heavy atom. The minimum atomic E-state index is -3.34. The molecular weight excluding hydrogens is 397 g/mol. The first-order valence-corrected chi connectivity index (χ1v) is 9.62. The fourth-order valence-corrected chi connectivity index (χ4v) is 4.07. The van der Waals surface area contributed by atoms with Gasteiger partial charge in [-0.25, -0.2) is 12.8 Å². The molecule has 0 aromatic heterocycles. The first kappa shape index (κ1) is 16.9. The van der Waals surface area contributed by atoms with Gasteiger partial charge in [0.25, 0.3) is 5.91 Å². The van der Waals surface area contributed by atoms with Gasteiger partial charge in [-0.3, -0.25) is 4.79 Å². The minimum Gasteiger partial charge on any atom is -0.300 e. The van der Waals surface area contributed by atoms with Crippen molar-refractivity contribution in [1.82, 2.24) is 0 Å². The van der Waals surface area contributed by atoms with Crippen molar-refractivity contribution in [2.75, 3.05) is 10.7 Å². The van der Waals surface area contributed by atoms with Crippen molar-refractivity contribution >= 4 is 37.4 Å². The molecular formula is C17H13BrFNO3S. The lowest BCUT2D eigenvalue weighted by Gasteiger charge is -2.28. The third-order valence-electron chi connectivity index (χ3n) is 3.64. The Morgan fingerprint density at radius 2 is 1.88 bits per heavy atom. The van der Waals surface area contributed by atoms with Gasteiger partial charge in [-0.05, 0) is 48.5 Å². The summed E-state index contributed by atoms with van der Waals surface area (Å²) < 4.78 is 37.8. The van der Waals surface area contributed by atoms with Crippen molar-refractivity contribution in [1.29, 1.82) is 0 Å². The van der Waals surface area contributed by atoms with Gasteiger partial charge < -0.3 is 4.90 Å². The van der Waals surface area contributed by atoms with Crippen LogP contribution in [0.25, 0.3) is 0 Å². The Bertz CT molecular complexity index is 910. The summed E-state index contributed by atoms with van der Waals surface area (Å²) in [6, 6.07) is 11.6. The van der Waals surface area contributed by atoms with Gasteiger partial charge >= 0.3 is 0 Å². The van der Waals surface area contributed by atoms with Gasteiger partial charge in [0.2, 0.25) is 0 Å². The number of amides is 1. The van der Waals surface area contributed by atoms with Crippen molar-refractivity contribution < 1.29 is 17.6 Å². The summed E-state index contributed by atoms with van der Waals surface area (Å²) in [6.07, 6.45) is 1.48. The molecule has 1 amide bonds. The van der Waals surface area contributed by atoms with Crippen molar-refractivity contribution in [3.8, 4) is 0 Å². The van der Waals surface area contributed by atoms with E-state index in [1.807, 2.05) is 0 Å². The van der Waals surface area contributed by atoms with Gasteiger partial charge in [-0.15, -0.1) is 0 Å². The topological polar surface area (TPSA) is 54.5 Å². The molecule has 0 saturated carbocycles. The first-order valence-electron chi connectivity index (χ1n) is 7.11. The predicted molar refractivity (Wildman–Crippen MR) is 94.1 cm³/mol. The maximum Gasteiger partial charge on any atom is 0.258 e. The normalized spacial score (nSPS) is 18.5. The van der Waals surface area contributed by atoms with Gasteiger partial charge in [-0.2, -0.15) is 0 Å². The van der Waals surface area contributed by atoms with Crippen molar-refractivity contribution in [2.24, 2.45) is 0 Å². The highest BCUT2D eigenvalue weighted by Gasteiger charge is 2.32. The molecule has 1 aliphatic rings. The molecule has 7 heteroatoms. The Hall–Kier alpha value is -1.99. The van der Waals surface area contributed by atoms with Crippen LogP contribution in [0.5, 0.6) is 0 Å². The molecule has 24 heavy (non-hydrogen) atoms. The highest BCUT2D eigenvalue weighted by atomic mass is 79.9. The molecule has 2 aromatic rings. The zero-order valence-corrected chi connectivity index (χ0v) is 14.8. The summed E-state index contributed by atoms with van der Waals surface area (Å²) in [5, 5.41) is 1.11. The number of nitrogens with zero attached hydrogens (tertiary/aromatic N) is 1. The van der Waals surface area contributed by atoms with E-state index in [1.54, 1.807) is 24.3 Å². The van der Waals surface area contributed by atoms with E-state index in [0.29, 0.717) is 5.69 Å². The van der Waals surface area contributed by atoms with E-state index in [2.05, 4.69) is 15.9 Å². The van der Waals surface area contributed by atoms with Crippen LogP contribution >= 0.6 is 15.9 Å².